The first kappa shape index (κ1) is 19.8. The van der Waals surface area contributed by atoms with Crippen molar-refractivity contribution in [3.63, 3.8) is 0 Å². The Kier molecular flexibility index (Phi) is 7.02. The Balaban J connectivity index is 2.11. The number of nitrogens with zero attached hydrogens (tertiary/aromatic N) is 3. The molecule has 1 aromatic heterocycles. The summed E-state index contributed by atoms with van der Waals surface area (Å²) in [5.41, 5.74) is 0.911. The van der Waals surface area contributed by atoms with E-state index < -0.39 is 5.97 Å². The first-order valence-electron chi connectivity index (χ1n) is 8.02. The number of ether oxygens (including phenoxy) is 2. The fourth-order valence-corrected chi connectivity index (χ4v) is 3.10. The average Bonchev–Trinajstić information content (AvgIpc) is 3.08. The summed E-state index contributed by atoms with van der Waals surface area (Å²) in [5.74, 6) is 0.853. The third-order valence-corrected chi connectivity index (χ3v) is 4.46. The molecule has 26 heavy (non-hydrogen) atoms. The van der Waals surface area contributed by atoms with Crippen molar-refractivity contribution >= 4 is 23.6 Å². The number of hydrogen-bond acceptors (Lipinski definition) is 7. The average molecular weight is 378 g/mol. The molecule has 0 aliphatic heterocycles. The second kappa shape index (κ2) is 9.23. The number of thioether (sulfide) groups is 1. The van der Waals surface area contributed by atoms with Crippen LogP contribution in [0.4, 0.5) is 0 Å². The van der Waals surface area contributed by atoms with Gasteiger partial charge < -0.3 is 14.8 Å². The van der Waals surface area contributed by atoms with Gasteiger partial charge in [0.25, 0.3) is 0 Å². The van der Waals surface area contributed by atoms with Crippen LogP contribution in [0.25, 0.3) is 11.4 Å². The zero-order valence-corrected chi connectivity index (χ0v) is 16.0. The number of amides is 1. The third-order valence-electron chi connectivity index (χ3n) is 3.52. The molecule has 0 fully saturated rings. The number of carbonyl (C=O) groups is 2. The summed E-state index contributed by atoms with van der Waals surface area (Å²) in [6.07, 6.45) is 0. The maximum Gasteiger partial charge on any atom is 0.325 e. The molecule has 0 atom stereocenters. The maximum absolute atomic E-state index is 11.9. The summed E-state index contributed by atoms with van der Waals surface area (Å²) in [7, 11) is 2.89. The van der Waals surface area contributed by atoms with Crippen LogP contribution in [0, 0.1) is 0 Å². The van der Waals surface area contributed by atoms with E-state index in [0.717, 1.165) is 17.1 Å². The third kappa shape index (κ3) is 4.98. The van der Waals surface area contributed by atoms with Gasteiger partial charge in [0.05, 0.1) is 20.0 Å². The Morgan fingerprint density at radius 2 is 1.88 bits per heavy atom. The van der Waals surface area contributed by atoms with Gasteiger partial charge in [-0.3, -0.25) is 14.2 Å². The van der Waals surface area contributed by atoms with Gasteiger partial charge in [-0.1, -0.05) is 11.8 Å². The van der Waals surface area contributed by atoms with Crippen molar-refractivity contribution in [2.75, 3.05) is 26.5 Å². The summed E-state index contributed by atoms with van der Waals surface area (Å²) < 4.78 is 11.6. The van der Waals surface area contributed by atoms with E-state index in [1.165, 1.54) is 18.9 Å². The van der Waals surface area contributed by atoms with Gasteiger partial charge in [-0.15, -0.1) is 10.2 Å². The van der Waals surface area contributed by atoms with Crippen molar-refractivity contribution in [2.45, 2.75) is 25.0 Å². The van der Waals surface area contributed by atoms with Crippen LogP contribution in [0.1, 0.15) is 19.9 Å². The molecule has 1 N–H and O–H groups in total. The Hall–Kier alpha value is -2.55. The van der Waals surface area contributed by atoms with Crippen molar-refractivity contribution in [1.82, 2.24) is 20.1 Å². The smallest absolute Gasteiger partial charge is 0.325 e. The first-order chi connectivity index (χ1) is 12.5. The van der Waals surface area contributed by atoms with E-state index in [-0.39, 0.29) is 24.2 Å². The van der Waals surface area contributed by atoms with Gasteiger partial charge in [0.1, 0.15) is 12.3 Å². The van der Waals surface area contributed by atoms with Crippen LogP contribution in [-0.4, -0.2) is 53.2 Å². The van der Waals surface area contributed by atoms with Crippen LogP contribution < -0.4 is 10.1 Å². The SMILES string of the molecule is COC(=O)CNC(=O)CSc1nnc(-c2ccc(OC)cc2)n1C(C)C. The number of aromatic nitrogens is 3. The molecule has 0 bridgehead atoms. The lowest BCUT2D eigenvalue weighted by Gasteiger charge is -2.14. The highest BCUT2D eigenvalue weighted by molar-refractivity contribution is 7.99. The summed E-state index contributed by atoms with van der Waals surface area (Å²) in [4.78, 5) is 22.9. The predicted octanol–water partition coefficient (Wildman–Crippen LogP) is 1.92. The van der Waals surface area contributed by atoms with Crippen molar-refractivity contribution in [1.29, 1.82) is 0 Å². The van der Waals surface area contributed by atoms with Gasteiger partial charge in [-0.2, -0.15) is 0 Å². The Labute approximate surface area is 156 Å². The molecule has 0 aliphatic rings. The van der Waals surface area contributed by atoms with Crippen LogP contribution >= 0.6 is 11.8 Å². The molecule has 2 rings (SSSR count). The van der Waals surface area contributed by atoms with E-state index in [4.69, 9.17) is 4.74 Å². The molecule has 1 heterocycles. The fraction of sp³-hybridized carbons (Fsp3) is 0.412. The normalized spacial score (nSPS) is 10.7. The lowest BCUT2D eigenvalue weighted by Crippen LogP contribution is -2.31. The van der Waals surface area contributed by atoms with E-state index in [2.05, 4.69) is 20.3 Å². The molecule has 0 saturated heterocycles. The summed E-state index contributed by atoms with van der Waals surface area (Å²) in [6, 6.07) is 7.67. The Morgan fingerprint density at radius 3 is 2.46 bits per heavy atom. The molecule has 0 unspecified atom stereocenters. The quantitative estimate of drug-likeness (QED) is 0.554. The number of carbonyl (C=O) groups excluding carboxylic acids is 2. The fourth-order valence-electron chi connectivity index (χ4n) is 2.20. The van der Waals surface area contributed by atoms with Gasteiger partial charge in [-0.25, -0.2) is 0 Å². The van der Waals surface area contributed by atoms with Gasteiger partial charge in [0.15, 0.2) is 11.0 Å². The second-order valence-electron chi connectivity index (χ2n) is 5.64. The second-order valence-corrected chi connectivity index (χ2v) is 6.58. The molecule has 2 aromatic rings. The highest BCUT2D eigenvalue weighted by Gasteiger charge is 2.18. The molecule has 9 heteroatoms. The van der Waals surface area contributed by atoms with Gasteiger partial charge in [0.2, 0.25) is 5.91 Å². The lowest BCUT2D eigenvalue weighted by molar-refractivity contribution is -0.140. The van der Waals surface area contributed by atoms with E-state index >= 15 is 0 Å². The number of benzene rings is 1. The number of rotatable bonds is 8. The molecule has 1 amide bonds. The number of methoxy groups -OCH3 is 2. The molecule has 0 radical (unpaired) electrons. The molecular weight excluding hydrogens is 356 g/mol. The van der Waals surface area contributed by atoms with Gasteiger partial charge >= 0.3 is 5.97 Å². The number of esters is 1. The van der Waals surface area contributed by atoms with Crippen LogP contribution in [0.2, 0.25) is 0 Å². The van der Waals surface area contributed by atoms with E-state index in [1.807, 2.05) is 42.7 Å². The highest BCUT2D eigenvalue weighted by atomic mass is 32.2. The lowest BCUT2D eigenvalue weighted by atomic mass is 10.2. The van der Waals surface area contributed by atoms with Crippen LogP contribution in [0.15, 0.2) is 29.4 Å². The van der Waals surface area contributed by atoms with Crippen LogP contribution in [0.3, 0.4) is 0 Å². The van der Waals surface area contributed by atoms with Crippen molar-refractivity contribution in [3.8, 4) is 17.1 Å². The Bertz CT molecular complexity index is 759. The molecule has 0 saturated carbocycles. The standard InChI is InChI=1S/C17H22N4O4S/c1-11(2)21-16(12-5-7-13(24-3)8-6-12)19-20-17(21)26-10-14(22)18-9-15(23)25-4/h5-8,11H,9-10H2,1-4H3,(H,18,22). The summed E-state index contributed by atoms with van der Waals surface area (Å²) in [6.45, 7) is 3.90. The van der Waals surface area contributed by atoms with Crippen molar-refractivity contribution in [3.05, 3.63) is 24.3 Å². The molecule has 0 aliphatic carbocycles. The minimum Gasteiger partial charge on any atom is -0.497 e. The zero-order valence-electron chi connectivity index (χ0n) is 15.2. The molecule has 8 nitrogen and oxygen atoms in total. The zero-order chi connectivity index (χ0) is 19.1. The van der Waals surface area contributed by atoms with E-state index in [0.29, 0.717) is 5.16 Å². The van der Waals surface area contributed by atoms with Crippen LogP contribution in [0.5, 0.6) is 5.75 Å². The summed E-state index contributed by atoms with van der Waals surface area (Å²) in [5, 5.41) is 11.6. The highest BCUT2D eigenvalue weighted by Crippen LogP contribution is 2.28. The molecule has 0 spiro atoms. The van der Waals surface area contributed by atoms with Gasteiger partial charge in [-0.05, 0) is 38.1 Å². The predicted molar refractivity (Wildman–Crippen MR) is 98.1 cm³/mol. The van der Waals surface area contributed by atoms with E-state index in [1.54, 1.807) is 7.11 Å². The summed E-state index contributed by atoms with van der Waals surface area (Å²) >= 11 is 1.27. The van der Waals surface area contributed by atoms with E-state index in [9.17, 15) is 9.59 Å². The number of hydrogen-bond donors (Lipinski definition) is 1. The topological polar surface area (TPSA) is 95.3 Å². The van der Waals surface area contributed by atoms with Gasteiger partial charge in [0, 0.05) is 11.6 Å². The van der Waals surface area contributed by atoms with Crippen molar-refractivity contribution < 1.29 is 19.1 Å². The largest absolute Gasteiger partial charge is 0.497 e. The maximum atomic E-state index is 11.9. The molecular formula is C17H22N4O4S. The molecule has 140 valence electrons. The minimum absolute atomic E-state index is 0.114. The number of nitrogens with one attached hydrogen (secondary N) is 1. The van der Waals surface area contributed by atoms with Crippen molar-refractivity contribution in [2.24, 2.45) is 0 Å². The minimum atomic E-state index is -0.490. The van der Waals surface area contributed by atoms with Crippen LogP contribution in [-0.2, 0) is 14.3 Å². The Morgan fingerprint density at radius 1 is 1.19 bits per heavy atom. The monoisotopic (exact) mass is 378 g/mol. The first-order valence-corrected chi connectivity index (χ1v) is 9.00. The molecule has 1 aromatic carbocycles.